The number of hydrogen-bond acceptors (Lipinski definition) is 4. The van der Waals surface area contributed by atoms with Gasteiger partial charge in [-0.1, -0.05) is 54.1 Å². The number of methoxy groups -OCH3 is 1. The molecule has 152 valence electrons. The highest BCUT2D eigenvalue weighted by atomic mass is 35.5. The number of benzene rings is 3. The smallest absolute Gasteiger partial charge is 0.276 e. The lowest BCUT2D eigenvalue weighted by atomic mass is 10.1. The normalized spacial score (nSPS) is 11.3. The molecule has 1 aromatic heterocycles. The third kappa shape index (κ3) is 4.17. The first-order valence-electron chi connectivity index (χ1n) is 9.04. The van der Waals surface area contributed by atoms with Gasteiger partial charge in [-0.3, -0.25) is 0 Å². The van der Waals surface area contributed by atoms with Gasteiger partial charge in [0, 0.05) is 16.1 Å². The van der Waals surface area contributed by atoms with Crippen molar-refractivity contribution in [1.82, 2.24) is 9.89 Å². The Kier molecular flexibility index (Phi) is 5.48. The van der Waals surface area contributed by atoms with Crippen molar-refractivity contribution in [1.29, 1.82) is 0 Å². The fourth-order valence-electron chi connectivity index (χ4n) is 2.97. The average molecular weight is 440 g/mol. The molecule has 1 N–H and O–H groups in total. The Labute approximate surface area is 179 Å². The molecule has 8 heteroatoms. The maximum atomic E-state index is 12.9. The second-order valence-corrected chi connectivity index (χ2v) is 8.57. The maximum Gasteiger partial charge on any atom is 0.276 e. The van der Waals surface area contributed by atoms with Crippen molar-refractivity contribution in [2.45, 2.75) is 4.90 Å². The number of nitrogens with one attached hydrogen (secondary N) is 1. The molecule has 30 heavy (non-hydrogen) atoms. The largest absolute Gasteiger partial charge is 0.497 e. The van der Waals surface area contributed by atoms with Crippen LogP contribution in [0.4, 0.5) is 0 Å². The van der Waals surface area contributed by atoms with Crippen LogP contribution in [0.5, 0.6) is 5.75 Å². The van der Waals surface area contributed by atoms with Crippen LogP contribution in [0.15, 0.2) is 89.8 Å². The lowest BCUT2D eigenvalue weighted by molar-refractivity contribution is 0.415. The number of nitrogens with zero attached hydrogens (tertiary/aromatic N) is 2. The number of halogens is 1. The van der Waals surface area contributed by atoms with E-state index in [9.17, 15) is 8.42 Å². The van der Waals surface area contributed by atoms with E-state index in [1.807, 2.05) is 42.5 Å². The molecule has 0 unspecified atom stereocenters. The lowest BCUT2D eigenvalue weighted by Gasteiger charge is -2.11. The minimum atomic E-state index is -3.84. The van der Waals surface area contributed by atoms with E-state index in [-0.39, 0.29) is 4.90 Å². The predicted molar refractivity (Wildman–Crippen MR) is 118 cm³/mol. The van der Waals surface area contributed by atoms with Crippen molar-refractivity contribution in [3.63, 3.8) is 0 Å². The van der Waals surface area contributed by atoms with Crippen molar-refractivity contribution in [2.24, 2.45) is 0 Å². The Balaban J connectivity index is 1.82. The number of ether oxygens (including phenoxy) is 1. The molecule has 0 aliphatic rings. The molecule has 0 atom stereocenters. The summed E-state index contributed by atoms with van der Waals surface area (Å²) in [6.07, 6.45) is 0. The van der Waals surface area contributed by atoms with E-state index in [4.69, 9.17) is 16.3 Å². The van der Waals surface area contributed by atoms with E-state index >= 15 is 0 Å². The monoisotopic (exact) mass is 439 g/mol. The zero-order valence-electron chi connectivity index (χ0n) is 16.0. The van der Waals surface area contributed by atoms with Crippen LogP contribution < -0.4 is 9.57 Å². The highest BCUT2D eigenvalue weighted by Crippen LogP contribution is 2.29. The van der Waals surface area contributed by atoms with Gasteiger partial charge in [-0.15, -0.1) is 0 Å². The van der Waals surface area contributed by atoms with E-state index in [0.717, 1.165) is 11.1 Å². The molecular weight excluding hydrogens is 422 g/mol. The molecule has 6 nitrogen and oxygen atoms in total. The molecule has 0 aliphatic heterocycles. The van der Waals surface area contributed by atoms with Crippen LogP contribution in [0.1, 0.15) is 0 Å². The van der Waals surface area contributed by atoms with Crippen LogP contribution in [0, 0.1) is 0 Å². The molecule has 4 rings (SSSR count). The summed E-state index contributed by atoms with van der Waals surface area (Å²) in [5, 5.41) is 5.10. The van der Waals surface area contributed by atoms with Gasteiger partial charge in [0.2, 0.25) is 0 Å². The number of aromatic nitrogens is 2. The van der Waals surface area contributed by atoms with Crippen LogP contribution in [0.2, 0.25) is 5.02 Å². The van der Waals surface area contributed by atoms with E-state index < -0.39 is 10.0 Å². The summed E-state index contributed by atoms with van der Waals surface area (Å²) in [4.78, 5) is 3.96. The third-order valence-electron chi connectivity index (χ3n) is 4.48. The molecule has 0 fully saturated rings. The molecule has 0 spiro atoms. The van der Waals surface area contributed by atoms with Crippen LogP contribution in [0.3, 0.4) is 0 Å². The Bertz CT molecular complexity index is 1270. The van der Waals surface area contributed by atoms with Gasteiger partial charge >= 0.3 is 0 Å². The highest BCUT2D eigenvalue weighted by molar-refractivity contribution is 7.92. The summed E-state index contributed by atoms with van der Waals surface area (Å²) < 4.78 is 31.1. The van der Waals surface area contributed by atoms with Gasteiger partial charge in [0.15, 0.2) is 0 Å². The zero-order valence-corrected chi connectivity index (χ0v) is 17.6. The first kappa shape index (κ1) is 20.0. The molecule has 0 bridgehead atoms. The molecule has 0 radical (unpaired) electrons. The van der Waals surface area contributed by atoms with Gasteiger partial charge in [0.05, 0.1) is 23.4 Å². The lowest BCUT2D eigenvalue weighted by Crippen LogP contribution is -2.25. The van der Waals surface area contributed by atoms with Gasteiger partial charge in [0.25, 0.3) is 10.0 Å². The fourth-order valence-corrected chi connectivity index (χ4v) is 4.08. The van der Waals surface area contributed by atoms with Crippen LogP contribution >= 0.6 is 11.6 Å². The summed E-state index contributed by atoms with van der Waals surface area (Å²) in [6.45, 7) is 0. The first-order chi connectivity index (χ1) is 14.5. The number of sulfonamides is 1. The van der Waals surface area contributed by atoms with E-state index in [1.165, 1.54) is 16.9 Å². The Morgan fingerprint density at radius 1 is 0.900 bits per heavy atom. The summed E-state index contributed by atoms with van der Waals surface area (Å²) in [5.41, 5.74) is 2.72. The quantitative estimate of drug-likeness (QED) is 0.467. The van der Waals surface area contributed by atoms with Gasteiger partial charge in [0.1, 0.15) is 5.75 Å². The third-order valence-corrected chi connectivity index (χ3v) is 6.03. The topological polar surface area (TPSA) is 73.2 Å². The van der Waals surface area contributed by atoms with Crippen molar-refractivity contribution < 1.29 is 13.2 Å². The van der Waals surface area contributed by atoms with Crippen LogP contribution in [-0.4, -0.2) is 25.4 Å². The number of hydrogen-bond donors (Lipinski definition) is 1. The minimum absolute atomic E-state index is 0.144. The standard InChI is InChI=1S/C22H18ClN3O3S/c1-29-19-7-5-6-17(14-19)22-15-21(16-10-12-18(23)13-11-16)24-26(22)25-30(27,28)20-8-3-2-4-9-20/h2-15,25H,1H3. The molecule has 1 heterocycles. The second kappa shape index (κ2) is 8.22. The maximum absolute atomic E-state index is 12.9. The van der Waals surface area contributed by atoms with Crippen LogP contribution in [-0.2, 0) is 10.0 Å². The van der Waals surface area contributed by atoms with Crippen molar-refractivity contribution in [2.75, 3.05) is 11.9 Å². The minimum Gasteiger partial charge on any atom is -0.497 e. The average Bonchev–Trinajstić information content (AvgIpc) is 3.18. The summed E-state index contributed by atoms with van der Waals surface area (Å²) in [7, 11) is -2.26. The summed E-state index contributed by atoms with van der Waals surface area (Å²) >= 11 is 5.99. The van der Waals surface area contributed by atoms with E-state index in [1.54, 1.807) is 37.4 Å². The molecule has 3 aromatic carbocycles. The number of rotatable bonds is 6. The second-order valence-electron chi connectivity index (χ2n) is 6.47. The van der Waals surface area contributed by atoms with Gasteiger partial charge in [-0.25, -0.2) is 0 Å². The van der Waals surface area contributed by atoms with Gasteiger partial charge in [-0.05, 0) is 42.5 Å². The molecule has 0 amide bonds. The Morgan fingerprint density at radius 2 is 1.63 bits per heavy atom. The molecule has 0 saturated heterocycles. The van der Waals surface area contributed by atoms with Gasteiger partial charge in [-0.2, -0.15) is 23.1 Å². The SMILES string of the molecule is COc1cccc(-c2cc(-c3ccc(Cl)cc3)nn2NS(=O)(=O)c2ccccc2)c1. The zero-order chi connectivity index (χ0) is 21.1. The highest BCUT2D eigenvalue weighted by Gasteiger charge is 2.19. The molecule has 0 aliphatic carbocycles. The van der Waals surface area contributed by atoms with Crippen molar-refractivity contribution >= 4 is 21.6 Å². The first-order valence-corrected chi connectivity index (χ1v) is 10.9. The van der Waals surface area contributed by atoms with Crippen molar-refractivity contribution in [3.05, 3.63) is 90.0 Å². The summed E-state index contributed by atoms with van der Waals surface area (Å²) in [5.74, 6) is 0.652. The fraction of sp³-hybridized carbons (Fsp3) is 0.0455. The van der Waals surface area contributed by atoms with Gasteiger partial charge < -0.3 is 4.74 Å². The van der Waals surface area contributed by atoms with E-state index in [0.29, 0.717) is 22.2 Å². The Hall–Kier alpha value is -3.29. The van der Waals surface area contributed by atoms with Crippen molar-refractivity contribution in [3.8, 4) is 28.3 Å². The Morgan fingerprint density at radius 3 is 2.33 bits per heavy atom. The molecular formula is C22H18ClN3O3S. The predicted octanol–water partition coefficient (Wildman–Crippen LogP) is 4.81. The summed E-state index contributed by atoms with van der Waals surface area (Å²) in [6, 6.07) is 24.5. The molecule has 4 aromatic rings. The van der Waals surface area contributed by atoms with E-state index in [2.05, 4.69) is 9.93 Å². The molecule has 0 saturated carbocycles. The van der Waals surface area contributed by atoms with Crippen LogP contribution in [0.25, 0.3) is 22.5 Å².